The van der Waals surface area contributed by atoms with Crippen LogP contribution in [0.2, 0.25) is 0 Å². The summed E-state index contributed by atoms with van der Waals surface area (Å²) < 4.78 is 4.91. The number of aromatic nitrogens is 1. The zero-order chi connectivity index (χ0) is 9.68. The second kappa shape index (κ2) is 4.45. The highest BCUT2D eigenvalue weighted by Gasteiger charge is 1.93. The maximum absolute atomic E-state index is 5.57. The van der Waals surface area contributed by atoms with E-state index in [9.17, 15) is 0 Å². The molecule has 1 aromatic heterocycles. The van der Waals surface area contributed by atoms with Crippen LogP contribution in [0.1, 0.15) is 13.3 Å². The number of methoxy groups -OCH3 is 1. The average molecular weight is 179 g/mol. The van der Waals surface area contributed by atoms with E-state index in [-0.39, 0.29) is 0 Å². The Bertz CT molecular complexity index is 292. The molecule has 0 saturated carbocycles. The van der Waals surface area contributed by atoms with Gasteiger partial charge in [0.15, 0.2) is 0 Å². The van der Waals surface area contributed by atoms with Gasteiger partial charge in [-0.25, -0.2) is 9.98 Å². The van der Waals surface area contributed by atoms with E-state index in [0.717, 1.165) is 12.1 Å². The monoisotopic (exact) mass is 179 g/mol. The summed E-state index contributed by atoms with van der Waals surface area (Å²) in [6.07, 6.45) is 2.37. The first kappa shape index (κ1) is 9.51. The Kier molecular flexibility index (Phi) is 3.25. The van der Waals surface area contributed by atoms with Gasteiger partial charge in [0, 0.05) is 12.5 Å². The van der Waals surface area contributed by atoms with Crippen molar-refractivity contribution in [1.82, 2.24) is 4.98 Å². The fourth-order valence-electron chi connectivity index (χ4n) is 0.804. The van der Waals surface area contributed by atoms with Gasteiger partial charge < -0.3 is 10.5 Å². The fourth-order valence-corrected chi connectivity index (χ4v) is 0.804. The molecule has 4 nitrogen and oxygen atoms in total. The highest BCUT2D eigenvalue weighted by Crippen LogP contribution is 2.13. The van der Waals surface area contributed by atoms with E-state index in [0.29, 0.717) is 11.7 Å². The Morgan fingerprint density at radius 2 is 2.38 bits per heavy atom. The van der Waals surface area contributed by atoms with Crippen molar-refractivity contribution >= 4 is 11.5 Å². The molecule has 4 heteroatoms. The smallest absolute Gasteiger partial charge is 0.213 e. The van der Waals surface area contributed by atoms with Crippen LogP contribution in [0.3, 0.4) is 0 Å². The van der Waals surface area contributed by atoms with Gasteiger partial charge in [-0.2, -0.15) is 0 Å². The third-order valence-corrected chi connectivity index (χ3v) is 1.56. The molecule has 1 aromatic rings. The highest BCUT2D eigenvalue weighted by molar-refractivity contribution is 5.82. The molecule has 0 unspecified atom stereocenters. The van der Waals surface area contributed by atoms with E-state index >= 15 is 0 Å². The summed E-state index contributed by atoms with van der Waals surface area (Å²) >= 11 is 0. The number of nitrogens with two attached hydrogens (primary N) is 1. The lowest BCUT2D eigenvalue weighted by Crippen LogP contribution is -2.08. The Morgan fingerprint density at radius 1 is 1.62 bits per heavy atom. The molecule has 0 aromatic carbocycles. The van der Waals surface area contributed by atoms with Crippen LogP contribution in [0.4, 0.5) is 5.69 Å². The number of pyridine rings is 1. The van der Waals surface area contributed by atoms with Crippen molar-refractivity contribution in [2.75, 3.05) is 7.11 Å². The molecule has 1 rings (SSSR count). The quantitative estimate of drug-likeness (QED) is 0.564. The predicted octanol–water partition coefficient (Wildman–Crippen LogP) is 1.49. The van der Waals surface area contributed by atoms with Gasteiger partial charge in [-0.15, -0.1) is 0 Å². The van der Waals surface area contributed by atoms with Crippen molar-refractivity contribution in [3.63, 3.8) is 0 Å². The second-order valence-electron chi connectivity index (χ2n) is 2.52. The molecule has 0 aliphatic heterocycles. The number of nitrogens with zero attached hydrogens (tertiary/aromatic N) is 2. The molecule has 0 atom stereocenters. The van der Waals surface area contributed by atoms with Gasteiger partial charge >= 0.3 is 0 Å². The topological polar surface area (TPSA) is 60.5 Å². The van der Waals surface area contributed by atoms with Gasteiger partial charge in [-0.05, 0) is 6.07 Å². The molecule has 0 aliphatic carbocycles. The maximum Gasteiger partial charge on any atom is 0.213 e. The molecule has 0 aliphatic rings. The Balaban J connectivity index is 2.80. The lowest BCUT2D eigenvalue weighted by molar-refractivity contribution is 0.398. The zero-order valence-electron chi connectivity index (χ0n) is 7.82. The van der Waals surface area contributed by atoms with E-state index < -0.39 is 0 Å². The molecule has 2 N–H and O–H groups in total. The molecule has 0 spiro atoms. The number of aliphatic imine (C=N–C) groups is 1. The van der Waals surface area contributed by atoms with Gasteiger partial charge in [0.1, 0.15) is 0 Å². The standard InChI is InChI=1S/C9H13N3O/c1-3-8(10)12-7-4-5-9(13-2)11-6-7/h4-6H,3H2,1-2H3,(H2,10,12). The van der Waals surface area contributed by atoms with Crippen LogP contribution in [0.5, 0.6) is 5.88 Å². The molecular formula is C9H13N3O. The molecular weight excluding hydrogens is 166 g/mol. The van der Waals surface area contributed by atoms with Crippen LogP contribution >= 0.6 is 0 Å². The van der Waals surface area contributed by atoms with Crippen molar-refractivity contribution in [2.24, 2.45) is 10.7 Å². The first-order valence-electron chi connectivity index (χ1n) is 4.09. The summed E-state index contributed by atoms with van der Waals surface area (Å²) in [4.78, 5) is 8.13. The summed E-state index contributed by atoms with van der Waals surface area (Å²) in [6, 6.07) is 3.57. The van der Waals surface area contributed by atoms with E-state index in [2.05, 4.69) is 9.98 Å². The minimum absolute atomic E-state index is 0.578. The van der Waals surface area contributed by atoms with Gasteiger partial charge in [0.2, 0.25) is 5.88 Å². The van der Waals surface area contributed by atoms with Gasteiger partial charge in [0.05, 0.1) is 24.8 Å². The van der Waals surface area contributed by atoms with Crippen molar-refractivity contribution in [2.45, 2.75) is 13.3 Å². The van der Waals surface area contributed by atoms with Gasteiger partial charge in [-0.3, -0.25) is 0 Å². The minimum Gasteiger partial charge on any atom is -0.481 e. The number of amidine groups is 1. The van der Waals surface area contributed by atoms with Crippen LogP contribution in [0.15, 0.2) is 23.3 Å². The first-order chi connectivity index (χ1) is 6.26. The number of hydrogen-bond acceptors (Lipinski definition) is 3. The van der Waals surface area contributed by atoms with Crippen molar-refractivity contribution in [1.29, 1.82) is 0 Å². The van der Waals surface area contributed by atoms with Crippen molar-refractivity contribution in [3.8, 4) is 5.88 Å². The summed E-state index contributed by atoms with van der Waals surface area (Å²) in [5.41, 5.74) is 6.32. The van der Waals surface area contributed by atoms with Crippen LogP contribution in [0.25, 0.3) is 0 Å². The molecule has 1 heterocycles. The zero-order valence-corrected chi connectivity index (χ0v) is 7.82. The Labute approximate surface area is 77.5 Å². The van der Waals surface area contributed by atoms with E-state index in [1.54, 1.807) is 19.4 Å². The molecule has 0 radical (unpaired) electrons. The lowest BCUT2D eigenvalue weighted by atomic mass is 10.4. The summed E-state index contributed by atoms with van der Waals surface area (Å²) in [5, 5.41) is 0. The van der Waals surface area contributed by atoms with Gasteiger partial charge in [0.25, 0.3) is 0 Å². The highest BCUT2D eigenvalue weighted by atomic mass is 16.5. The lowest BCUT2D eigenvalue weighted by Gasteiger charge is -1.98. The average Bonchev–Trinajstić information content (AvgIpc) is 2.19. The summed E-state index contributed by atoms with van der Waals surface area (Å²) in [7, 11) is 1.58. The first-order valence-corrected chi connectivity index (χ1v) is 4.09. The van der Waals surface area contributed by atoms with E-state index in [4.69, 9.17) is 10.5 Å². The largest absolute Gasteiger partial charge is 0.481 e. The Hall–Kier alpha value is -1.58. The minimum atomic E-state index is 0.578. The third-order valence-electron chi connectivity index (χ3n) is 1.56. The molecule has 13 heavy (non-hydrogen) atoms. The molecule has 0 amide bonds. The summed E-state index contributed by atoms with van der Waals surface area (Å²) in [6.45, 7) is 1.95. The molecule has 0 bridgehead atoms. The number of ether oxygens (including phenoxy) is 1. The molecule has 0 fully saturated rings. The van der Waals surface area contributed by atoms with Crippen LogP contribution < -0.4 is 10.5 Å². The Morgan fingerprint density at radius 3 is 2.85 bits per heavy atom. The molecule has 70 valence electrons. The fraction of sp³-hybridized carbons (Fsp3) is 0.333. The summed E-state index contributed by atoms with van der Waals surface area (Å²) in [5.74, 6) is 1.18. The van der Waals surface area contributed by atoms with Crippen molar-refractivity contribution < 1.29 is 4.74 Å². The van der Waals surface area contributed by atoms with Gasteiger partial charge in [-0.1, -0.05) is 6.92 Å². The number of hydrogen-bond donors (Lipinski definition) is 1. The van der Waals surface area contributed by atoms with E-state index in [1.165, 1.54) is 0 Å². The van der Waals surface area contributed by atoms with E-state index in [1.807, 2.05) is 13.0 Å². The second-order valence-corrected chi connectivity index (χ2v) is 2.52. The SMILES string of the molecule is CCC(N)=Nc1ccc(OC)nc1. The normalized spacial score (nSPS) is 11.4. The van der Waals surface area contributed by atoms with Crippen LogP contribution in [-0.4, -0.2) is 17.9 Å². The number of rotatable bonds is 3. The van der Waals surface area contributed by atoms with Crippen molar-refractivity contribution in [3.05, 3.63) is 18.3 Å². The maximum atomic E-state index is 5.57. The predicted molar refractivity (Wildman–Crippen MR) is 52.4 cm³/mol. The third kappa shape index (κ3) is 2.74. The van der Waals surface area contributed by atoms with Crippen LogP contribution in [0, 0.1) is 0 Å². The molecule has 0 saturated heterocycles. The van der Waals surface area contributed by atoms with Crippen LogP contribution in [-0.2, 0) is 0 Å².